The molecule has 13 heavy (non-hydrogen) atoms. The van der Waals surface area contributed by atoms with Crippen LogP contribution < -0.4 is 0 Å². The predicted molar refractivity (Wildman–Crippen MR) is 62.9 cm³/mol. The van der Waals surface area contributed by atoms with Crippen LogP contribution in [0.5, 0.6) is 0 Å². The molecule has 80 valence electrons. The van der Waals surface area contributed by atoms with Crippen molar-refractivity contribution < 1.29 is 0 Å². The third kappa shape index (κ3) is 7.89. The van der Waals surface area contributed by atoms with E-state index in [4.69, 9.17) is 0 Å². The lowest BCUT2D eigenvalue weighted by atomic mass is 10.0. The molecule has 0 aromatic heterocycles. The minimum atomic E-state index is 0. The van der Waals surface area contributed by atoms with Crippen LogP contribution in [0.15, 0.2) is 12.3 Å². The SMILES string of the molecule is C.CC.CC1C/C=C\N(C)CCC1. The van der Waals surface area contributed by atoms with E-state index in [9.17, 15) is 0 Å². The van der Waals surface area contributed by atoms with Crippen LogP contribution in [0.1, 0.15) is 47.5 Å². The number of allylic oxidation sites excluding steroid dienone is 1. The summed E-state index contributed by atoms with van der Waals surface area (Å²) in [6, 6.07) is 0. The maximum absolute atomic E-state index is 2.33. The molecule has 1 atom stereocenters. The van der Waals surface area contributed by atoms with Gasteiger partial charge in [0.2, 0.25) is 0 Å². The number of hydrogen-bond donors (Lipinski definition) is 0. The molecule has 0 aromatic rings. The highest BCUT2D eigenvalue weighted by molar-refractivity contribution is 4.84. The van der Waals surface area contributed by atoms with Gasteiger partial charge >= 0.3 is 0 Å². The van der Waals surface area contributed by atoms with Crippen molar-refractivity contribution in [2.75, 3.05) is 13.6 Å². The van der Waals surface area contributed by atoms with Crippen molar-refractivity contribution in [2.24, 2.45) is 5.92 Å². The largest absolute Gasteiger partial charge is 0.381 e. The Hall–Kier alpha value is -0.460. The number of hydrogen-bond acceptors (Lipinski definition) is 1. The first-order valence-corrected chi connectivity index (χ1v) is 5.16. The first-order valence-electron chi connectivity index (χ1n) is 5.16. The van der Waals surface area contributed by atoms with Crippen LogP contribution in [0.3, 0.4) is 0 Å². The van der Waals surface area contributed by atoms with E-state index in [1.807, 2.05) is 13.8 Å². The van der Waals surface area contributed by atoms with Gasteiger partial charge in [-0.05, 0) is 31.4 Å². The van der Waals surface area contributed by atoms with Crippen LogP contribution in [0, 0.1) is 5.92 Å². The average Bonchev–Trinajstić information content (AvgIpc) is 2.05. The molecule has 1 aliphatic heterocycles. The minimum absolute atomic E-state index is 0. The topological polar surface area (TPSA) is 3.24 Å². The molecule has 0 fully saturated rings. The van der Waals surface area contributed by atoms with E-state index < -0.39 is 0 Å². The lowest BCUT2D eigenvalue weighted by Gasteiger charge is -2.18. The zero-order chi connectivity index (χ0) is 9.40. The average molecular weight is 185 g/mol. The van der Waals surface area contributed by atoms with Crippen LogP contribution in [0.2, 0.25) is 0 Å². The van der Waals surface area contributed by atoms with Crippen molar-refractivity contribution in [2.45, 2.75) is 47.5 Å². The highest BCUT2D eigenvalue weighted by Gasteiger charge is 2.02. The van der Waals surface area contributed by atoms with Gasteiger partial charge < -0.3 is 4.90 Å². The van der Waals surface area contributed by atoms with Crippen LogP contribution >= 0.6 is 0 Å². The van der Waals surface area contributed by atoms with Crippen LogP contribution in [-0.4, -0.2) is 18.5 Å². The van der Waals surface area contributed by atoms with E-state index in [2.05, 4.69) is 31.1 Å². The van der Waals surface area contributed by atoms with Crippen molar-refractivity contribution in [3.63, 3.8) is 0 Å². The summed E-state index contributed by atoms with van der Waals surface area (Å²) in [6.07, 6.45) is 8.47. The van der Waals surface area contributed by atoms with Gasteiger partial charge in [-0.15, -0.1) is 0 Å². The first kappa shape index (κ1) is 15.0. The first-order chi connectivity index (χ1) is 5.79. The van der Waals surface area contributed by atoms with Crippen molar-refractivity contribution >= 4 is 0 Å². The minimum Gasteiger partial charge on any atom is -0.381 e. The smallest absolute Gasteiger partial charge is 0.0169 e. The summed E-state index contributed by atoms with van der Waals surface area (Å²) in [5.74, 6) is 0.893. The van der Waals surface area contributed by atoms with Crippen molar-refractivity contribution in [1.82, 2.24) is 4.90 Å². The van der Waals surface area contributed by atoms with Gasteiger partial charge in [0, 0.05) is 13.6 Å². The molecule has 0 saturated heterocycles. The molecule has 0 N–H and O–H groups in total. The Morgan fingerprint density at radius 1 is 1.31 bits per heavy atom. The zero-order valence-electron chi connectivity index (χ0n) is 9.01. The van der Waals surface area contributed by atoms with Gasteiger partial charge in [0.1, 0.15) is 0 Å². The monoisotopic (exact) mass is 185 g/mol. The molecule has 0 saturated carbocycles. The van der Waals surface area contributed by atoms with Crippen LogP contribution in [-0.2, 0) is 0 Å². The Labute approximate surface area is 84.8 Å². The Balaban J connectivity index is 0. The van der Waals surface area contributed by atoms with Crippen molar-refractivity contribution in [3.05, 3.63) is 12.3 Å². The fourth-order valence-corrected chi connectivity index (χ4v) is 1.35. The standard InChI is InChI=1S/C9H17N.C2H6.CH4/c1-9-5-3-7-10(2)8-4-6-9;1-2;/h3,7,9H,4-6,8H2,1-2H3;1-2H3;1H4/b7-3-;;. The molecule has 0 bridgehead atoms. The van der Waals surface area contributed by atoms with Gasteiger partial charge in [0.15, 0.2) is 0 Å². The van der Waals surface area contributed by atoms with Crippen molar-refractivity contribution in [1.29, 1.82) is 0 Å². The van der Waals surface area contributed by atoms with Crippen LogP contribution in [0.25, 0.3) is 0 Å². The Bertz CT molecular complexity index is 118. The number of rotatable bonds is 0. The van der Waals surface area contributed by atoms with Gasteiger partial charge in [-0.2, -0.15) is 0 Å². The van der Waals surface area contributed by atoms with E-state index in [-0.39, 0.29) is 7.43 Å². The molecule has 0 spiro atoms. The molecule has 0 aliphatic carbocycles. The summed E-state index contributed by atoms with van der Waals surface area (Å²) in [5.41, 5.74) is 0. The highest BCUT2D eigenvalue weighted by atomic mass is 15.1. The molecule has 1 unspecified atom stereocenters. The van der Waals surface area contributed by atoms with Gasteiger partial charge in [-0.1, -0.05) is 34.3 Å². The maximum atomic E-state index is 2.33. The van der Waals surface area contributed by atoms with Gasteiger partial charge in [0.25, 0.3) is 0 Å². The summed E-state index contributed by atoms with van der Waals surface area (Å²) in [5, 5.41) is 0. The molecule has 1 heterocycles. The van der Waals surface area contributed by atoms with Crippen molar-refractivity contribution in [3.8, 4) is 0 Å². The molecule has 1 heteroatoms. The summed E-state index contributed by atoms with van der Waals surface area (Å²) < 4.78 is 0. The lowest BCUT2D eigenvalue weighted by molar-refractivity contribution is 0.388. The second-order valence-electron chi connectivity index (χ2n) is 3.35. The molecule has 1 nitrogen and oxygen atoms in total. The summed E-state index contributed by atoms with van der Waals surface area (Å²) >= 11 is 0. The Morgan fingerprint density at radius 3 is 2.54 bits per heavy atom. The summed E-state index contributed by atoms with van der Waals surface area (Å²) in [6.45, 7) is 7.55. The predicted octanol–water partition coefficient (Wildman–Crippen LogP) is 3.91. The normalized spacial score (nSPS) is 24.3. The third-order valence-electron chi connectivity index (χ3n) is 2.11. The molecule has 0 radical (unpaired) electrons. The Morgan fingerprint density at radius 2 is 1.92 bits per heavy atom. The molecular weight excluding hydrogens is 158 g/mol. The lowest BCUT2D eigenvalue weighted by Crippen LogP contribution is -2.14. The molecule has 0 amide bonds. The fraction of sp³-hybridized carbons (Fsp3) is 0.833. The second-order valence-corrected chi connectivity index (χ2v) is 3.35. The molecular formula is C12H27N. The third-order valence-corrected chi connectivity index (χ3v) is 2.11. The van der Waals surface area contributed by atoms with E-state index in [0.717, 1.165) is 5.92 Å². The van der Waals surface area contributed by atoms with Crippen LogP contribution in [0.4, 0.5) is 0 Å². The summed E-state index contributed by atoms with van der Waals surface area (Å²) in [4.78, 5) is 2.27. The van der Waals surface area contributed by atoms with E-state index in [1.165, 1.54) is 25.8 Å². The highest BCUT2D eigenvalue weighted by Crippen LogP contribution is 2.13. The Kier molecular flexibility index (Phi) is 11.1. The fourth-order valence-electron chi connectivity index (χ4n) is 1.35. The quantitative estimate of drug-likeness (QED) is 0.553. The van der Waals surface area contributed by atoms with E-state index in [0.29, 0.717) is 0 Å². The molecule has 0 aromatic carbocycles. The molecule has 1 rings (SSSR count). The van der Waals surface area contributed by atoms with Gasteiger partial charge in [0.05, 0.1) is 0 Å². The molecule has 1 aliphatic rings. The van der Waals surface area contributed by atoms with Gasteiger partial charge in [-0.25, -0.2) is 0 Å². The zero-order valence-corrected chi connectivity index (χ0v) is 9.01. The summed E-state index contributed by atoms with van der Waals surface area (Å²) in [7, 11) is 2.15. The second kappa shape index (κ2) is 9.63. The number of nitrogens with zero attached hydrogens (tertiary/aromatic N) is 1. The van der Waals surface area contributed by atoms with E-state index in [1.54, 1.807) is 0 Å². The van der Waals surface area contributed by atoms with Gasteiger partial charge in [-0.3, -0.25) is 0 Å². The van der Waals surface area contributed by atoms with E-state index >= 15 is 0 Å². The maximum Gasteiger partial charge on any atom is 0.0169 e.